The van der Waals surface area contributed by atoms with Gasteiger partial charge in [0.2, 0.25) is 0 Å². The number of benzene rings is 2. The molecule has 3 aromatic heterocycles. The molecule has 0 fully saturated rings. The molecule has 1 aliphatic carbocycles. The Morgan fingerprint density at radius 1 is 0.882 bits per heavy atom. The first-order valence-corrected chi connectivity index (χ1v) is 10.7. The first-order chi connectivity index (χ1) is 16.4. The highest BCUT2D eigenvalue weighted by Gasteiger charge is 2.30. The molecule has 0 spiro atoms. The molecule has 0 atom stereocenters. The average Bonchev–Trinajstić information content (AvgIpc) is 3.55. The molecule has 0 unspecified atom stereocenters. The van der Waals surface area contributed by atoms with Crippen LogP contribution in [0.5, 0.6) is 0 Å². The van der Waals surface area contributed by atoms with Gasteiger partial charge < -0.3 is 4.57 Å². The highest BCUT2D eigenvalue weighted by molar-refractivity contribution is 5.81. The molecule has 1 aliphatic rings. The Hall–Kier alpha value is -4.14. The van der Waals surface area contributed by atoms with Crippen molar-refractivity contribution in [2.45, 2.75) is 25.7 Å². The summed E-state index contributed by atoms with van der Waals surface area (Å²) >= 11 is 0. The van der Waals surface area contributed by atoms with Crippen LogP contribution in [0, 0.1) is 0 Å². The van der Waals surface area contributed by atoms with Gasteiger partial charge in [0, 0.05) is 24.9 Å². The highest BCUT2D eigenvalue weighted by Crippen LogP contribution is 2.30. The van der Waals surface area contributed by atoms with Crippen LogP contribution in [0.1, 0.15) is 23.4 Å². The largest absolute Gasteiger partial charge is 0.416 e. The summed E-state index contributed by atoms with van der Waals surface area (Å²) in [5.74, 6) is 0.635. The summed E-state index contributed by atoms with van der Waals surface area (Å²) in [6, 6.07) is 14.5. The molecule has 170 valence electrons. The van der Waals surface area contributed by atoms with Crippen molar-refractivity contribution in [3.05, 3.63) is 101 Å². The molecule has 34 heavy (non-hydrogen) atoms. The number of halogens is 3. The maximum Gasteiger partial charge on any atom is 0.416 e. The van der Waals surface area contributed by atoms with Crippen LogP contribution in [0.2, 0.25) is 0 Å². The molecular formula is C25H18F3N5O. The van der Waals surface area contributed by atoms with Gasteiger partial charge in [-0.1, -0.05) is 30.3 Å². The van der Waals surface area contributed by atoms with Crippen LogP contribution in [0.3, 0.4) is 0 Å². The summed E-state index contributed by atoms with van der Waals surface area (Å²) in [5, 5.41) is 0. The second-order valence-corrected chi connectivity index (χ2v) is 8.27. The molecule has 6 nitrogen and oxygen atoms in total. The van der Waals surface area contributed by atoms with E-state index in [0.717, 1.165) is 40.8 Å². The normalized spacial score (nSPS) is 13.6. The van der Waals surface area contributed by atoms with Gasteiger partial charge in [-0.05, 0) is 35.9 Å². The summed E-state index contributed by atoms with van der Waals surface area (Å²) in [4.78, 5) is 22.3. The van der Waals surface area contributed by atoms with E-state index in [-0.39, 0.29) is 12.2 Å². The van der Waals surface area contributed by atoms with Gasteiger partial charge in [0.25, 0.3) is 0 Å². The highest BCUT2D eigenvalue weighted by atomic mass is 19.4. The van der Waals surface area contributed by atoms with Gasteiger partial charge in [-0.15, -0.1) is 0 Å². The average molecular weight is 461 g/mol. The van der Waals surface area contributed by atoms with E-state index < -0.39 is 11.7 Å². The van der Waals surface area contributed by atoms with E-state index >= 15 is 0 Å². The quantitative estimate of drug-likeness (QED) is 0.374. The predicted octanol–water partition coefficient (Wildman–Crippen LogP) is 4.91. The van der Waals surface area contributed by atoms with Crippen LogP contribution >= 0.6 is 0 Å². The Bertz CT molecular complexity index is 1640. The molecule has 2 aromatic carbocycles. The van der Waals surface area contributed by atoms with Gasteiger partial charge in [-0.2, -0.15) is 13.2 Å². The first-order valence-electron chi connectivity index (χ1n) is 10.7. The number of para-hydroxylation sites is 2. The van der Waals surface area contributed by atoms with Crippen LogP contribution in [-0.4, -0.2) is 23.7 Å². The van der Waals surface area contributed by atoms with Crippen molar-refractivity contribution in [3.63, 3.8) is 0 Å². The lowest BCUT2D eigenvalue weighted by atomic mass is 10.1. The van der Waals surface area contributed by atoms with E-state index in [1.54, 1.807) is 21.5 Å². The minimum atomic E-state index is -4.38. The lowest BCUT2D eigenvalue weighted by Crippen LogP contribution is -2.24. The summed E-state index contributed by atoms with van der Waals surface area (Å²) in [5.41, 5.74) is 3.90. The Kier molecular flexibility index (Phi) is 4.48. The zero-order valence-corrected chi connectivity index (χ0v) is 17.8. The molecule has 0 amide bonds. The lowest BCUT2D eigenvalue weighted by molar-refractivity contribution is -0.137. The van der Waals surface area contributed by atoms with Crippen LogP contribution < -0.4 is 5.69 Å². The molecule has 0 radical (unpaired) electrons. The molecule has 6 rings (SSSR count). The molecular weight excluding hydrogens is 443 g/mol. The Morgan fingerprint density at radius 3 is 2.38 bits per heavy atom. The third kappa shape index (κ3) is 3.40. The van der Waals surface area contributed by atoms with Gasteiger partial charge in [0.15, 0.2) is 0 Å². The molecule has 3 heterocycles. The third-order valence-electron chi connectivity index (χ3n) is 6.06. The second kappa shape index (κ2) is 7.44. The van der Waals surface area contributed by atoms with Crippen molar-refractivity contribution >= 4 is 27.8 Å². The molecule has 0 saturated carbocycles. The number of hydrogen-bond donors (Lipinski definition) is 0. The smallest absolute Gasteiger partial charge is 0.322 e. The minimum Gasteiger partial charge on any atom is -0.322 e. The van der Waals surface area contributed by atoms with E-state index in [1.807, 2.05) is 41.0 Å². The number of alkyl halides is 3. The Morgan fingerprint density at radius 2 is 1.65 bits per heavy atom. The number of pyridine rings is 1. The number of imidazole rings is 2. The first kappa shape index (κ1) is 20.5. The Balaban J connectivity index is 1.45. The van der Waals surface area contributed by atoms with E-state index in [4.69, 9.17) is 4.98 Å². The van der Waals surface area contributed by atoms with Crippen LogP contribution in [0.4, 0.5) is 13.2 Å². The summed E-state index contributed by atoms with van der Waals surface area (Å²) in [6.45, 7) is 0.529. The van der Waals surface area contributed by atoms with E-state index in [1.165, 1.54) is 12.1 Å². The number of fused-ring (bicyclic) bond motifs is 2. The zero-order chi connectivity index (χ0) is 23.4. The van der Waals surface area contributed by atoms with Crippen molar-refractivity contribution in [1.29, 1.82) is 0 Å². The topological polar surface area (TPSA) is 57.6 Å². The number of nitrogens with zero attached hydrogens (tertiary/aromatic N) is 5. The maximum absolute atomic E-state index is 13.3. The van der Waals surface area contributed by atoms with Gasteiger partial charge in [-0.3, -0.25) is 14.1 Å². The molecule has 0 aliphatic heterocycles. The van der Waals surface area contributed by atoms with Crippen molar-refractivity contribution < 1.29 is 13.2 Å². The van der Waals surface area contributed by atoms with Crippen molar-refractivity contribution in [2.24, 2.45) is 0 Å². The van der Waals surface area contributed by atoms with E-state index in [2.05, 4.69) is 4.98 Å². The second-order valence-electron chi connectivity index (χ2n) is 8.27. The fraction of sp³-hybridized carbons (Fsp3) is 0.160. The third-order valence-corrected chi connectivity index (χ3v) is 6.06. The van der Waals surface area contributed by atoms with Gasteiger partial charge >= 0.3 is 11.9 Å². The van der Waals surface area contributed by atoms with Crippen LogP contribution in [-0.2, 0) is 19.3 Å². The van der Waals surface area contributed by atoms with Gasteiger partial charge in [0.1, 0.15) is 5.82 Å². The summed E-state index contributed by atoms with van der Waals surface area (Å²) < 4.78 is 44.2. The van der Waals surface area contributed by atoms with Gasteiger partial charge in [-0.25, -0.2) is 9.78 Å². The van der Waals surface area contributed by atoms with E-state index in [9.17, 15) is 18.0 Å². The number of hydrogen-bond acceptors (Lipinski definition) is 3. The monoisotopic (exact) mass is 461 g/mol. The standard InChI is InChI=1S/C25H18F3N5O/c26-25(27,28)17-7-5-16(6-8-17)14-31-20-4-2-1-3-19(20)30-23(31)15-32-22-13-29-12-11-21(22)33(24(32)34)18-9-10-18/h1-9,11-13H,10,14-15H2. The molecule has 0 saturated heterocycles. The molecule has 5 aromatic rings. The summed E-state index contributed by atoms with van der Waals surface area (Å²) in [7, 11) is 0. The van der Waals surface area contributed by atoms with Crippen LogP contribution in [0.15, 0.2) is 77.9 Å². The zero-order valence-electron chi connectivity index (χ0n) is 17.8. The van der Waals surface area contributed by atoms with Crippen molar-refractivity contribution in [2.75, 3.05) is 0 Å². The minimum absolute atomic E-state index is 0.167. The van der Waals surface area contributed by atoms with Crippen LogP contribution in [0.25, 0.3) is 27.8 Å². The van der Waals surface area contributed by atoms with Crippen molar-refractivity contribution in [3.8, 4) is 0 Å². The summed E-state index contributed by atoms with van der Waals surface area (Å²) in [6.07, 6.45) is 1.70. The SMILES string of the molecule is O=c1n(Cc2nc3ccccc3n2Cc2ccc(C(F)(F)F)cc2)c2cnccc2n1C1=CC1. The number of allylic oxidation sites excluding steroid dienone is 2. The molecule has 0 bridgehead atoms. The molecule has 9 heteroatoms. The van der Waals surface area contributed by atoms with Gasteiger partial charge in [0.05, 0.1) is 40.4 Å². The maximum atomic E-state index is 13.3. The molecule has 0 N–H and O–H groups in total. The fourth-order valence-corrected chi connectivity index (χ4v) is 4.31. The Labute approximate surface area is 191 Å². The predicted molar refractivity (Wildman–Crippen MR) is 122 cm³/mol. The number of rotatable bonds is 5. The lowest BCUT2D eigenvalue weighted by Gasteiger charge is -2.12. The number of aromatic nitrogens is 5. The van der Waals surface area contributed by atoms with E-state index in [0.29, 0.717) is 23.4 Å². The van der Waals surface area contributed by atoms with Crippen molar-refractivity contribution in [1.82, 2.24) is 23.7 Å². The fourth-order valence-electron chi connectivity index (χ4n) is 4.31.